The van der Waals surface area contributed by atoms with Crippen molar-refractivity contribution in [3.63, 3.8) is 0 Å². The zero-order valence-electron chi connectivity index (χ0n) is 18.5. The number of hydrogen-bond acceptors (Lipinski definition) is 8. The minimum Gasteiger partial charge on any atom is -0.490 e. The zero-order valence-corrected chi connectivity index (χ0v) is 20.9. The molecule has 3 aliphatic rings. The number of thiazole rings is 1. The number of carbonyl (C=O) groups is 2. The molecule has 34 heavy (non-hydrogen) atoms. The average Bonchev–Trinajstić information content (AvgIpc) is 3.49. The van der Waals surface area contributed by atoms with Gasteiger partial charge >= 0.3 is 0 Å². The van der Waals surface area contributed by atoms with E-state index >= 15 is 0 Å². The average molecular weight is 518 g/mol. The van der Waals surface area contributed by atoms with Gasteiger partial charge < -0.3 is 20.3 Å². The van der Waals surface area contributed by atoms with Gasteiger partial charge in [0.2, 0.25) is 5.91 Å². The molecule has 5 rings (SSSR count). The number of halogens is 1. The number of amidine groups is 1. The van der Waals surface area contributed by atoms with E-state index < -0.39 is 0 Å². The molecule has 3 fully saturated rings. The van der Waals surface area contributed by atoms with Gasteiger partial charge in [-0.25, -0.2) is 9.98 Å². The molecule has 2 saturated heterocycles. The molecule has 2 aliphatic heterocycles. The van der Waals surface area contributed by atoms with Crippen LogP contribution < -0.4 is 15.4 Å². The maximum atomic E-state index is 12.4. The van der Waals surface area contributed by atoms with Crippen LogP contribution in [-0.4, -0.2) is 53.1 Å². The molecule has 11 heteroatoms. The molecule has 2 N–H and O–H groups in total. The van der Waals surface area contributed by atoms with E-state index in [2.05, 4.69) is 32.6 Å². The highest BCUT2D eigenvalue weighted by Gasteiger charge is 2.30. The summed E-state index contributed by atoms with van der Waals surface area (Å²) in [4.78, 5) is 36.6. The topological polar surface area (TPSA) is 95.9 Å². The Balaban J connectivity index is 1.22. The van der Waals surface area contributed by atoms with Crippen LogP contribution in [0.3, 0.4) is 0 Å². The lowest BCUT2D eigenvalue weighted by atomic mass is 10.1. The van der Waals surface area contributed by atoms with Crippen molar-refractivity contribution in [1.29, 1.82) is 0 Å². The summed E-state index contributed by atoms with van der Waals surface area (Å²) in [5, 5.41) is 7.05. The number of nitrogens with one attached hydrogen (secondary N) is 2. The molecule has 1 aliphatic carbocycles. The van der Waals surface area contributed by atoms with E-state index in [-0.39, 0.29) is 23.8 Å². The highest BCUT2D eigenvalue weighted by molar-refractivity contribution is 8.18. The molecule has 1 aromatic heterocycles. The Morgan fingerprint density at radius 3 is 2.85 bits per heavy atom. The van der Waals surface area contributed by atoms with Crippen LogP contribution in [0.25, 0.3) is 6.08 Å². The first-order valence-electron chi connectivity index (χ1n) is 11.1. The van der Waals surface area contributed by atoms with Gasteiger partial charge in [0.1, 0.15) is 11.9 Å². The standard InChI is InChI=1S/C23H24ClN5O3S2/c1-29-8-6-14(7-9-29)32-15-4-5-18(17(24)10-15)26-23-28-21(31)19(34-23)11-16-12-25-22(33-16)27-20(30)13-2-3-13/h4-5,10-14H,2-3,6-9H2,1H3,(H,25,27,30)(H,26,28,31)/b19-11-. The van der Waals surface area contributed by atoms with Gasteiger partial charge in [0.25, 0.3) is 5.91 Å². The number of aromatic nitrogens is 1. The second-order valence-electron chi connectivity index (χ2n) is 8.55. The zero-order chi connectivity index (χ0) is 23.7. The third-order valence-corrected chi connectivity index (χ3v) is 7.81. The number of likely N-dealkylation sites (tertiary alicyclic amines) is 1. The molecule has 0 radical (unpaired) electrons. The fourth-order valence-corrected chi connectivity index (χ4v) is 5.51. The summed E-state index contributed by atoms with van der Waals surface area (Å²) in [6.45, 7) is 2.05. The van der Waals surface area contributed by atoms with Crippen LogP contribution in [0.15, 0.2) is 34.3 Å². The monoisotopic (exact) mass is 517 g/mol. The molecule has 3 heterocycles. The van der Waals surface area contributed by atoms with E-state index in [1.54, 1.807) is 24.4 Å². The van der Waals surface area contributed by atoms with Crippen LogP contribution in [0.2, 0.25) is 5.02 Å². The van der Waals surface area contributed by atoms with E-state index in [4.69, 9.17) is 16.3 Å². The van der Waals surface area contributed by atoms with Crippen LogP contribution in [0, 0.1) is 5.92 Å². The maximum absolute atomic E-state index is 12.4. The van der Waals surface area contributed by atoms with Crippen molar-refractivity contribution in [3.8, 4) is 5.75 Å². The smallest absolute Gasteiger partial charge is 0.264 e. The Morgan fingerprint density at radius 1 is 1.32 bits per heavy atom. The van der Waals surface area contributed by atoms with Gasteiger partial charge in [-0.1, -0.05) is 22.9 Å². The Labute approximate surface area is 210 Å². The van der Waals surface area contributed by atoms with Gasteiger partial charge in [-0.05, 0) is 62.7 Å². The summed E-state index contributed by atoms with van der Waals surface area (Å²) in [6, 6.07) is 5.43. The summed E-state index contributed by atoms with van der Waals surface area (Å²) in [7, 11) is 2.12. The summed E-state index contributed by atoms with van der Waals surface area (Å²) >= 11 is 9.01. The van der Waals surface area contributed by atoms with E-state index in [1.165, 1.54) is 23.1 Å². The van der Waals surface area contributed by atoms with Crippen molar-refractivity contribution in [2.75, 3.05) is 25.5 Å². The third-order valence-electron chi connectivity index (χ3n) is 5.74. The van der Waals surface area contributed by atoms with Crippen molar-refractivity contribution < 1.29 is 14.3 Å². The van der Waals surface area contributed by atoms with Crippen LogP contribution >= 0.6 is 34.7 Å². The molecule has 178 valence electrons. The van der Waals surface area contributed by atoms with Gasteiger partial charge in [0, 0.05) is 31.3 Å². The van der Waals surface area contributed by atoms with E-state index in [0.29, 0.717) is 25.9 Å². The van der Waals surface area contributed by atoms with Gasteiger partial charge in [0.05, 0.1) is 20.5 Å². The molecular formula is C23H24ClN5O3S2. The second kappa shape index (κ2) is 10.1. The lowest BCUT2D eigenvalue weighted by Gasteiger charge is -2.29. The number of aliphatic imine (C=N–C) groups is 1. The van der Waals surface area contributed by atoms with Gasteiger partial charge in [-0.15, -0.1) is 0 Å². The van der Waals surface area contributed by atoms with Crippen molar-refractivity contribution >= 4 is 68.6 Å². The molecule has 0 unspecified atom stereocenters. The first kappa shape index (κ1) is 23.3. The predicted octanol–water partition coefficient (Wildman–Crippen LogP) is 4.51. The number of amides is 2. The molecule has 0 spiro atoms. The fourth-order valence-electron chi connectivity index (χ4n) is 3.63. The van der Waals surface area contributed by atoms with Gasteiger partial charge in [-0.2, -0.15) is 0 Å². The molecule has 2 aromatic rings. The minimum absolute atomic E-state index is 0.00981. The lowest BCUT2D eigenvalue weighted by molar-refractivity contribution is -0.117. The molecular weight excluding hydrogens is 494 g/mol. The van der Waals surface area contributed by atoms with E-state index in [9.17, 15) is 9.59 Å². The lowest BCUT2D eigenvalue weighted by Crippen LogP contribution is -2.35. The fraction of sp³-hybridized carbons (Fsp3) is 0.391. The SMILES string of the molecule is CN1CCC(Oc2ccc(N=C3NC(=O)/C(=C/c4cnc(NC(=O)C5CC5)s4)S3)c(Cl)c2)CC1. The van der Waals surface area contributed by atoms with Crippen molar-refractivity contribution in [2.24, 2.45) is 10.9 Å². The van der Waals surface area contributed by atoms with Crippen LogP contribution in [0.4, 0.5) is 10.8 Å². The van der Waals surface area contributed by atoms with E-state index in [0.717, 1.165) is 49.4 Å². The van der Waals surface area contributed by atoms with Gasteiger partial charge in [0.15, 0.2) is 10.3 Å². The first-order chi connectivity index (χ1) is 16.4. The Hall–Kier alpha value is -2.40. The number of ether oxygens (including phenoxy) is 1. The largest absolute Gasteiger partial charge is 0.490 e. The summed E-state index contributed by atoms with van der Waals surface area (Å²) in [5.41, 5.74) is 0.560. The van der Waals surface area contributed by atoms with Crippen LogP contribution in [0.5, 0.6) is 5.75 Å². The number of benzene rings is 1. The number of piperidine rings is 1. The Bertz CT molecular complexity index is 1170. The maximum Gasteiger partial charge on any atom is 0.264 e. The number of anilines is 1. The van der Waals surface area contributed by atoms with Crippen LogP contribution in [-0.2, 0) is 9.59 Å². The summed E-state index contributed by atoms with van der Waals surface area (Å²) < 4.78 is 6.08. The first-order valence-corrected chi connectivity index (χ1v) is 13.1. The number of rotatable bonds is 6. The number of hydrogen-bond donors (Lipinski definition) is 2. The van der Waals surface area contributed by atoms with Crippen molar-refractivity contribution in [3.05, 3.63) is 39.2 Å². The third kappa shape index (κ3) is 5.80. The quantitative estimate of drug-likeness (QED) is 0.547. The summed E-state index contributed by atoms with van der Waals surface area (Å²) in [6.07, 6.45) is 7.43. The van der Waals surface area contributed by atoms with Crippen molar-refractivity contribution in [2.45, 2.75) is 31.8 Å². The number of nitrogens with zero attached hydrogens (tertiary/aromatic N) is 3. The van der Waals surface area contributed by atoms with E-state index in [1.807, 2.05) is 6.07 Å². The highest BCUT2D eigenvalue weighted by Crippen LogP contribution is 2.35. The Morgan fingerprint density at radius 2 is 2.12 bits per heavy atom. The molecule has 2 amide bonds. The minimum atomic E-state index is -0.237. The molecule has 0 bridgehead atoms. The molecule has 8 nitrogen and oxygen atoms in total. The number of carbonyl (C=O) groups excluding carboxylic acids is 2. The normalized spacial score (nSPS) is 21.8. The second-order valence-corrected chi connectivity index (χ2v) is 11.0. The predicted molar refractivity (Wildman–Crippen MR) is 137 cm³/mol. The Kier molecular flexibility index (Phi) is 6.91. The molecule has 0 atom stereocenters. The molecule has 1 aromatic carbocycles. The van der Waals surface area contributed by atoms with Gasteiger partial charge in [-0.3, -0.25) is 9.59 Å². The summed E-state index contributed by atoms with van der Waals surface area (Å²) in [5.74, 6) is 0.610. The van der Waals surface area contributed by atoms with Crippen LogP contribution in [0.1, 0.15) is 30.6 Å². The highest BCUT2D eigenvalue weighted by atomic mass is 35.5. The number of thioether (sulfide) groups is 1. The molecule has 1 saturated carbocycles. The van der Waals surface area contributed by atoms with Crippen molar-refractivity contribution in [1.82, 2.24) is 15.2 Å².